The number of hydrogen-bond acceptors (Lipinski definition) is 8. The van der Waals surface area contributed by atoms with E-state index in [0.717, 1.165) is 19.3 Å². The van der Waals surface area contributed by atoms with Crippen molar-refractivity contribution >= 4 is 39.4 Å². The van der Waals surface area contributed by atoms with Gasteiger partial charge >= 0.3 is 12.2 Å². The number of nitrogens with one attached hydrogen (secondary N) is 2. The number of rotatable bonds is 4. The maximum absolute atomic E-state index is 13.6. The molecule has 3 amide bonds. The van der Waals surface area contributed by atoms with Gasteiger partial charge in [0, 0.05) is 38.3 Å². The van der Waals surface area contributed by atoms with Gasteiger partial charge in [0.25, 0.3) is 15.9 Å². The number of pyridine rings is 2. The van der Waals surface area contributed by atoms with E-state index in [1.54, 1.807) is 12.1 Å². The molecule has 4 aliphatic rings. The van der Waals surface area contributed by atoms with Gasteiger partial charge < -0.3 is 15.1 Å². The summed E-state index contributed by atoms with van der Waals surface area (Å²) in [5, 5.41) is 2.86. The molecule has 5 heterocycles. The Balaban J connectivity index is 1.31. The standard InChI is InChI=1S/C29H36F3N7O4S/c1-27(2)17-19-5-4-13-33-21-6-3-7-23(34-21)44(42,43)36-25(40)20-8-9-22(35-24(20)39(27)18-19)38-16-15-37(26(38)41)14-12-28(10-11-28)29(30,31)32/h3,6-9,19H,4-5,10-18H2,1-2H3,(H,33,34)(H,36,40)/t19-/m0/s1. The predicted octanol–water partition coefficient (Wildman–Crippen LogP) is 4.38. The number of urea groups is 1. The van der Waals surface area contributed by atoms with Gasteiger partial charge in [0.2, 0.25) is 0 Å². The van der Waals surface area contributed by atoms with Crippen molar-refractivity contribution in [3.63, 3.8) is 0 Å². The zero-order chi connectivity index (χ0) is 31.5. The van der Waals surface area contributed by atoms with Gasteiger partial charge in [-0.05, 0) is 82.6 Å². The van der Waals surface area contributed by atoms with Gasteiger partial charge in [0.05, 0.1) is 11.0 Å². The Hall–Kier alpha value is -3.62. The molecule has 0 spiro atoms. The minimum Gasteiger partial charge on any atom is -0.370 e. The van der Waals surface area contributed by atoms with E-state index in [1.807, 2.05) is 18.7 Å². The van der Waals surface area contributed by atoms with E-state index < -0.39 is 39.1 Å². The fourth-order valence-electron chi connectivity index (χ4n) is 6.60. The van der Waals surface area contributed by atoms with Crippen LogP contribution in [0.15, 0.2) is 35.4 Å². The minimum absolute atomic E-state index is 0.00895. The summed E-state index contributed by atoms with van der Waals surface area (Å²) in [5.41, 5.74) is -2.11. The molecule has 2 N–H and O–H groups in total. The molecule has 3 fully saturated rings. The maximum atomic E-state index is 13.6. The number of alkyl halides is 3. The summed E-state index contributed by atoms with van der Waals surface area (Å²) in [6.45, 7) is 5.70. The van der Waals surface area contributed by atoms with Crippen molar-refractivity contribution in [3.8, 4) is 0 Å². The third kappa shape index (κ3) is 5.66. The van der Waals surface area contributed by atoms with Gasteiger partial charge in [-0.2, -0.15) is 21.6 Å². The topological polar surface area (TPSA) is 128 Å². The lowest BCUT2D eigenvalue weighted by molar-refractivity contribution is -0.189. The van der Waals surface area contributed by atoms with Gasteiger partial charge in [-0.3, -0.25) is 9.69 Å². The van der Waals surface area contributed by atoms with Crippen LogP contribution in [0.4, 0.5) is 35.4 Å². The lowest BCUT2D eigenvalue weighted by atomic mass is 9.93. The lowest BCUT2D eigenvalue weighted by Crippen LogP contribution is -2.41. The molecule has 6 rings (SSSR count). The highest BCUT2D eigenvalue weighted by molar-refractivity contribution is 7.90. The van der Waals surface area contributed by atoms with Crippen molar-refractivity contribution in [1.82, 2.24) is 19.6 Å². The molecule has 44 heavy (non-hydrogen) atoms. The van der Waals surface area contributed by atoms with E-state index in [0.29, 0.717) is 18.9 Å². The smallest absolute Gasteiger partial charge is 0.370 e. The first-order valence-corrected chi connectivity index (χ1v) is 16.4. The zero-order valence-electron chi connectivity index (χ0n) is 24.7. The second kappa shape index (κ2) is 10.8. The predicted molar refractivity (Wildman–Crippen MR) is 157 cm³/mol. The van der Waals surface area contributed by atoms with Crippen LogP contribution in [-0.2, 0) is 10.0 Å². The number of amides is 3. The number of aromatic nitrogens is 2. The molecule has 1 aliphatic carbocycles. The first-order chi connectivity index (χ1) is 20.7. The molecule has 1 atom stereocenters. The average Bonchev–Trinajstić information content (AvgIpc) is 3.59. The summed E-state index contributed by atoms with van der Waals surface area (Å²) >= 11 is 0. The molecular formula is C29H36F3N7O4S. The largest absolute Gasteiger partial charge is 0.394 e. The molecule has 0 aromatic carbocycles. The number of anilines is 3. The molecule has 11 nitrogen and oxygen atoms in total. The molecular weight excluding hydrogens is 599 g/mol. The average molecular weight is 636 g/mol. The van der Waals surface area contributed by atoms with Crippen LogP contribution in [-0.4, -0.2) is 79.7 Å². The second-order valence-corrected chi connectivity index (χ2v) is 14.5. The zero-order valence-corrected chi connectivity index (χ0v) is 25.5. The summed E-state index contributed by atoms with van der Waals surface area (Å²) < 4.78 is 68.9. The van der Waals surface area contributed by atoms with Crippen molar-refractivity contribution < 1.29 is 31.2 Å². The van der Waals surface area contributed by atoms with Crippen LogP contribution in [0.1, 0.15) is 62.7 Å². The summed E-state index contributed by atoms with van der Waals surface area (Å²) in [6.07, 6.45) is -1.76. The summed E-state index contributed by atoms with van der Waals surface area (Å²) in [7, 11) is -4.33. The number of fused-ring (bicyclic) bond motifs is 6. The highest BCUT2D eigenvalue weighted by atomic mass is 32.2. The molecule has 0 unspecified atom stereocenters. The summed E-state index contributed by atoms with van der Waals surface area (Å²) in [6, 6.07) is 7.00. The van der Waals surface area contributed by atoms with Crippen LogP contribution < -0.4 is 19.8 Å². The fourth-order valence-corrected chi connectivity index (χ4v) is 7.54. The van der Waals surface area contributed by atoms with Crippen molar-refractivity contribution in [2.24, 2.45) is 11.3 Å². The monoisotopic (exact) mass is 635 g/mol. The number of halogens is 3. The highest BCUT2D eigenvalue weighted by Gasteiger charge is 2.62. The van der Waals surface area contributed by atoms with Crippen LogP contribution in [0, 0.1) is 11.3 Å². The number of carbonyl (C=O) groups is 2. The van der Waals surface area contributed by atoms with E-state index in [4.69, 9.17) is 4.98 Å². The Morgan fingerprint density at radius 2 is 1.84 bits per heavy atom. The molecule has 4 bridgehead atoms. The van der Waals surface area contributed by atoms with Crippen LogP contribution in [0.3, 0.4) is 0 Å². The number of nitrogens with zero attached hydrogens (tertiary/aromatic N) is 5. The fraction of sp³-hybridized carbons (Fsp3) is 0.586. The molecule has 15 heteroatoms. The van der Waals surface area contributed by atoms with Crippen LogP contribution in [0.25, 0.3) is 0 Å². The normalized spacial score (nSPS) is 24.2. The van der Waals surface area contributed by atoms with Gasteiger partial charge in [0.1, 0.15) is 17.5 Å². The third-order valence-electron chi connectivity index (χ3n) is 9.33. The van der Waals surface area contributed by atoms with E-state index >= 15 is 0 Å². The van der Waals surface area contributed by atoms with Crippen molar-refractivity contribution in [3.05, 3.63) is 35.9 Å². The van der Waals surface area contributed by atoms with Gasteiger partial charge in [-0.1, -0.05) is 6.07 Å². The van der Waals surface area contributed by atoms with E-state index in [9.17, 15) is 31.2 Å². The Morgan fingerprint density at radius 1 is 1.07 bits per heavy atom. The molecule has 2 aromatic heterocycles. The molecule has 3 aliphatic heterocycles. The quantitative estimate of drug-likeness (QED) is 0.507. The van der Waals surface area contributed by atoms with Crippen LogP contribution in [0.5, 0.6) is 0 Å². The Bertz CT molecular complexity index is 1580. The van der Waals surface area contributed by atoms with Crippen molar-refractivity contribution in [2.75, 3.05) is 47.8 Å². The first kappa shape index (κ1) is 30.4. The SMILES string of the molecule is CC1(C)C[C@@H]2CCCNc3cccc(n3)S(=O)(=O)NC(=O)c3ccc(N4CCN(CCC5(C(F)(F)F)CC5)C4=O)nc3N1C2. The minimum atomic E-state index is -4.33. The third-order valence-corrected chi connectivity index (χ3v) is 10.6. The van der Waals surface area contributed by atoms with E-state index in [1.165, 1.54) is 28.0 Å². The lowest BCUT2D eigenvalue weighted by Gasteiger charge is -2.34. The van der Waals surface area contributed by atoms with Gasteiger partial charge in [0.15, 0.2) is 5.03 Å². The van der Waals surface area contributed by atoms with Gasteiger partial charge in [-0.25, -0.2) is 19.5 Å². The van der Waals surface area contributed by atoms with Crippen LogP contribution >= 0.6 is 0 Å². The van der Waals surface area contributed by atoms with Crippen molar-refractivity contribution in [2.45, 2.75) is 69.1 Å². The van der Waals surface area contributed by atoms with E-state index in [-0.39, 0.29) is 67.0 Å². The number of hydrogen-bond donors (Lipinski definition) is 2. The Morgan fingerprint density at radius 3 is 2.57 bits per heavy atom. The van der Waals surface area contributed by atoms with E-state index in [2.05, 4.69) is 15.0 Å². The molecule has 1 saturated carbocycles. The summed E-state index contributed by atoms with van der Waals surface area (Å²) in [4.78, 5) is 40.7. The van der Waals surface area contributed by atoms with Crippen molar-refractivity contribution in [1.29, 1.82) is 0 Å². The molecule has 2 aromatic rings. The Labute approximate surface area is 254 Å². The van der Waals surface area contributed by atoms with Crippen LogP contribution in [0.2, 0.25) is 0 Å². The summed E-state index contributed by atoms with van der Waals surface area (Å²) in [5.74, 6) is 0.278. The molecule has 238 valence electrons. The Kier molecular flexibility index (Phi) is 7.45. The highest BCUT2D eigenvalue weighted by Crippen LogP contribution is 2.60. The molecule has 0 radical (unpaired) electrons. The van der Waals surface area contributed by atoms with Gasteiger partial charge in [-0.15, -0.1) is 0 Å². The molecule has 2 saturated heterocycles. The first-order valence-electron chi connectivity index (χ1n) is 14.9. The second-order valence-electron chi connectivity index (χ2n) is 12.8. The number of carbonyl (C=O) groups excluding carboxylic acids is 2. The number of sulfonamides is 1. The maximum Gasteiger partial charge on any atom is 0.394 e.